The maximum atomic E-state index is 10.9. The van der Waals surface area contributed by atoms with Gasteiger partial charge in [-0.3, -0.25) is 9.79 Å². The van der Waals surface area contributed by atoms with Crippen molar-refractivity contribution in [1.29, 1.82) is 0 Å². The van der Waals surface area contributed by atoms with Gasteiger partial charge in [-0.2, -0.15) is 0 Å². The Kier molecular flexibility index (Phi) is 2.92. The Morgan fingerprint density at radius 2 is 1.64 bits per heavy atom. The van der Waals surface area contributed by atoms with Crippen molar-refractivity contribution in [2.75, 3.05) is 0 Å². The number of hydrogen-bond donors (Lipinski definition) is 0. The van der Waals surface area contributed by atoms with Gasteiger partial charge in [-0.05, 0) is 37.1 Å². The number of aliphatic imine (C=N–C) groups is 1. The Morgan fingerprint density at radius 1 is 1.00 bits per heavy atom. The molecule has 0 aromatic heterocycles. The lowest BCUT2D eigenvalue weighted by atomic mass is 9.96. The van der Waals surface area contributed by atoms with Gasteiger partial charge in [0.1, 0.15) is 0 Å². The molecule has 0 atom stereocenters. The van der Waals surface area contributed by atoms with Crippen molar-refractivity contribution in [2.24, 2.45) is 4.99 Å². The summed E-state index contributed by atoms with van der Waals surface area (Å²) in [7, 11) is 0. The predicted octanol–water partition coefficient (Wildman–Crippen LogP) is 2.46. The molecule has 2 aliphatic rings. The highest BCUT2D eigenvalue weighted by Gasteiger charge is 2.12. The van der Waals surface area contributed by atoms with Crippen LogP contribution in [-0.4, -0.2) is 17.5 Å². The van der Waals surface area contributed by atoms with E-state index in [1.165, 1.54) is 32.1 Å². The minimum atomic E-state index is 0.0626. The normalized spacial score (nSPS) is 22.9. The standard InChI is InChI=1S/C12H15NO/c14-12-8-6-11(7-9-12)13-10-4-2-1-3-5-10/h6-10H,1-5H2. The van der Waals surface area contributed by atoms with Crippen LogP contribution < -0.4 is 0 Å². The number of nitrogens with zero attached hydrogens (tertiary/aromatic N) is 1. The molecular weight excluding hydrogens is 174 g/mol. The molecule has 1 saturated carbocycles. The van der Waals surface area contributed by atoms with E-state index in [9.17, 15) is 4.79 Å². The average Bonchev–Trinajstić information content (AvgIpc) is 2.23. The molecule has 2 rings (SSSR count). The van der Waals surface area contributed by atoms with Crippen molar-refractivity contribution in [3.63, 3.8) is 0 Å². The smallest absolute Gasteiger partial charge is 0.178 e. The SMILES string of the molecule is O=C1C=CC(=NC2CCCCC2)C=C1. The Labute approximate surface area is 84.4 Å². The van der Waals surface area contributed by atoms with Gasteiger partial charge in [-0.15, -0.1) is 0 Å². The Hall–Kier alpha value is -1.18. The van der Waals surface area contributed by atoms with Gasteiger partial charge >= 0.3 is 0 Å². The summed E-state index contributed by atoms with van der Waals surface area (Å²) in [6.45, 7) is 0. The molecule has 1 fully saturated rings. The van der Waals surface area contributed by atoms with E-state index in [-0.39, 0.29) is 5.78 Å². The zero-order valence-electron chi connectivity index (χ0n) is 8.28. The van der Waals surface area contributed by atoms with Crippen LogP contribution >= 0.6 is 0 Å². The molecule has 0 amide bonds. The number of carbonyl (C=O) groups excluding carboxylic acids is 1. The first-order valence-corrected chi connectivity index (χ1v) is 5.32. The van der Waals surface area contributed by atoms with Crippen molar-refractivity contribution in [3.05, 3.63) is 24.3 Å². The fraction of sp³-hybridized carbons (Fsp3) is 0.500. The minimum Gasteiger partial charge on any atom is -0.290 e. The lowest BCUT2D eigenvalue weighted by Gasteiger charge is -2.18. The zero-order chi connectivity index (χ0) is 9.80. The summed E-state index contributed by atoms with van der Waals surface area (Å²) in [5.74, 6) is 0.0626. The van der Waals surface area contributed by atoms with Crippen LogP contribution in [0.3, 0.4) is 0 Å². The zero-order valence-corrected chi connectivity index (χ0v) is 8.28. The fourth-order valence-electron chi connectivity index (χ4n) is 1.95. The Bertz CT molecular complexity index is 288. The number of hydrogen-bond acceptors (Lipinski definition) is 2. The van der Waals surface area contributed by atoms with Crippen LogP contribution in [0.2, 0.25) is 0 Å². The monoisotopic (exact) mass is 189 g/mol. The van der Waals surface area contributed by atoms with Gasteiger partial charge in [-0.1, -0.05) is 19.3 Å². The summed E-state index contributed by atoms with van der Waals surface area (Å²) >= 11 is 0. The maximum Gasteiger partial charge on any atom is 0.178 e. The third-order valence-corrected chi connectivity index (χ3v) is 2.74. The molecule has 74 valence electrons. The molecule has 2 nitrogen and oxygen atoms in total. The van der Waals surface area contributed by atoms with Gasteiger partial charge in [0.2, 0.25) is 0 Å². The molecule has 2 aliphatic carbocycles. The van der Waals surface area contributed by atoms with Crippen LogP contribution in [0.25, 0.3) is 0 Å². The summed E-state index contributed by atoms with van der Waals surface area (Å²) in [5, 5.41) is 0. The van der Waals surface area contributed by atoms with Crippen molar-refractivity contribution in [1.82, 2.24) is 0 Å². The van der Waals surface area contributed by atoms with E-state index in [1.54, 1.807) is 12.2 Å². The molecule has 0 unspecified atom stereocenters. The fourth-order valence-corrected chi connectivity index (χ4v) is 1.95. The van der Waals surface area contributed by atoms with Crippen LogP contribution in [0, 0.1) is 0 Å². The molecule has 14 heavy (non-hydrogen) atoms. The number of allylic oxidation sites excluding steroid dienone is 4. The molecule has 0 bridgehead atoms. The van der Waals surface area contributed by atoms with E-state index in [0.717, 1.165) is 5.71 Å². The molecule has 0 spiro atoms. The summed E-state index contributed by atoms with van der Waals surface area (Å²) in [6, 6.07) is 0.487. The second-order valence-electron chi connectivity index (χ2n) is 3.91. The van der Waals surface area contributed by atoms with Crippen molar-refractivity contribution in [3.8, 4) is 0 Å². The van der Waals surface area contributed by atoms with Gasteiger partial charge in [0.25, 0.3) is 0 Å². The molecular formula is C12H15NO. The Morgan fingerprint density at radius 3 is 2.29 bits per heavy atom. The van der Waals surface area contributed by atoms with Gasteiger partial charge in [0.15, 0.2) is 5.78 Å². The number of carbonyl (C=O) groups is 1. The van der Waals surface area contributed by atoms with Gasteiger partial charge in [-0.25, -0.2) is 0 Å². The molecule has 0 aliphatic heterocycles. The van der Waals surface area contributed by atoms with E-state index in [0.29, 0.717) is 6.04 Å². The summed E-state index contributed by atoms with van der Waals surface area (Å²) in [4.78, 5) is 15.5. The lowest BCUT2D eigenvalue weighted by molar-refractivity contribution is -0.110. The quantitative estimate of drug-likeness (QED) is 0.582. The first kappa shape index (κ1) is 9.38. The van der Waals surface area contributed by atoms with Gasteiger partial charge in [0.05, 0.1) is 11.8 Å². The predicted molar refractivity (Wildman–Crippen MR) is 57.6 cm³/mol. The Balaban J connectivity index is 2.00. The first-order chi connectivity index (χ1) is 6.84. The highest BCUT2D eigenvalue weighted by molar-refractivity contribution is 6.16. The molecule has 2 heteroatoms. The second-order valence-corrected chi connectivity index (χ2v) is 3.91. The van der Waals surface area contributed by atoms with E-state index in [1.807, 2.05) is 12.2 Å². The molecule has 0 aromatic carbocycles. The maximum absolute atomic E-state index is 10.9. The van der Waals surface area contributed by atoms with E-state index >= 15 is 0 Å². The van der Waals surface area contributed by atoms with E-state index < -0.39 is 0 Å². The molecule has 0 saturated heterocycles. The van der Waals surface area contributed by atoms with Crippen LogP contribution in [0.15, 0.2) is 29.3 Å². The molecule has 0 radical (unpaired) electrons. The highest BCUT2D eigenvalue weighted by Crippen LogP contribution is 2.20. The third-order valence-electron chi connectivity index (χ3n) is 2.74. The van der Waals surface area contributed by atoms with E-state index in [4.69, 9.17) is 0 Å². The summed E-state index contributed by atoms with van der Waals surface area (Å²) in [6.07, 6.45) is 13.2. The first-order valence-electron chi connectivity index (χ1n) is 5.32. The van der Waals surface area contributed by atoms with Gasteiger partial charge in [0, 0.05) is 0 Å². The lowest BCUT2D eigenvalue weighted by Crippen LogP contribution is -2.12. The second kappa shape index (κ2) is 4.36. The van der Waals surface area contributed by atoms with E-state index in [2.05, 4.69) is 4.99 Å². The van der Waals surface area contributed by atoms with Crippen molar-refractivity contribution in [2.45, 2.75) is 38.1 Å². The summed E-state index contributed by atoms with van der Waals surface area (Å²) in [5.41, 5.74) is 0.955. The van der Waals surface area contributed by atoms with Crippen molar-refractivity contribution >= 4 is 11.5 Å². The van der Waals surface area contributed by atoms with Gasteiger partial charge < -0.3 is 0 Å². The molecule has 0 heterocycles. The van der Waals surface area contributed by atoms with Crippen LogP contribution in [0.1, 0.15) is 32.1 Å². The third kappa shape index (κ3) is 2.41. The van der Waals surface area contributed by atoms with Crippen LogP contribution in [0.4, 0.5) is 0 Å². The number of ketones is 1. The molecule has 0 aromatic rings. The topological polar surface area (TPSA) is 29.4 Å². The average molecular weight is 189 g/mol. The summed E-state index contributed by atoms with van der Waals surface area (Å²) < 4.78 is 0. The number of rotatable bonds is 1. The highest BCUT2D eigenvalue weighted by atomic mass is 16.1. The van der Waals surface area contributed by atoms with Crippen molar-refractivity contribution < 1.29 is 4.79 Å². The molecule has 0 N–H and O–H groups in total. The van der Waals surface area contributed by atoms with Crippen LogP contribution in [0.5, 0.6) is 0 Å². The minimum absolute atomic E-state index is 0.0626. The van der Waals surface area contributed by atoms with Crippen LogP contribution in [-0.2, 0) is 4.79 Å². The largest absolute Gasteiger partial charge is 0.290 e.